The minimum Gasteiger partial charge on any atom is -0.396 e. The second-order valence-electron chi connectivity index (χ2n) is 3.09. The maximum Gasteiger partial charge on any atom is 0.0905 e. The van der Waals surface area contributed by atoms with Crippen LogP contribution in [0.2, 0.25) is 0 Å². The highest BCUT2D eigenvalue weighted by Crippen LogP contribution is 2.28. The van der Waals surface area contributed by atoms with Crippen LogP contribution < -0.4 is 0 Å². The lowest BCUT2D eigenvalue weighted by molar-refractivity contribution is 0.00706. The molecule has 11 heavy (non-hydrogen) atoms. The van der Waals surface area contributed by atoms with Gasteiger partial charge in [0, 0.05) is 13.0 Å². The van der Waals surface area contributed by atoms with E-state index < -0.39 is 0 Å². The van der Waals surface area contributed by atoms with Gasteiger partial charge in [-0.3, -0.25) is 0 Å². The van der Waals surface area contributed by atoms with E-state index in [1.807, 2.05) is 13.8 Å². The summed E-state index contributed by atoms with van der Waals surface area (Å²) in [6, 6.07) is 0. The van der Waals surface area contributed by atoms with Gasteiger partial charge in [-0.25, -0.2) is 0 Å². The second-order valence-corrected chi connectivity index (χ2v) is 3.09. The first kappa shape index (κ1) is 8.97. The molecular weight excluding hydrogens is 144 g/mol. The van der Waals surface area contributed by atoms with Crippen LogP contribution in [0.3, 0.4) is 0 Å². The molecule has 1 saturated heterocycles. The zero-order valence-electron chi connectivity index (χ0n) is 7.28. The molecule has 4 atom stereocenters. The monoisotopic (exact) mass is 160 g/mol. The molecule has 0 radical (unpaired) electrons. The molecule has 0 aromatic carbocycles. The molecule has 66 valence electrons. The van der Waals surface area contributed by atoms with Crippen LogP contribution in [0.15, 0.2) is 0 Å². The highest BCUT2D eigenvalue weighted by atomic mass is 16.6. The lowest BCUT2D eigenvalue weighted by Crippen LogP contribution is -2.30. The molecule has 0 aromatic rings. The van der Waals surface area contributed by atoms with Gasteiger partial charge < -0.3 is 14.6 Å². The van der Waals surface area contributed by atoms with Crippen molar-refractivity contribution in [2.24, 2.45) is 5.92 Å². The zero-order chi connectivity index (χ0) is 8.43. The van der Waals surface area contributed by atoms with Crippen molar-refractivity contribution in [3.63, 3.8) is 0 Å². The van der Waals surface area contributed by atoms with Gasteiger partial charge in [-0.15, -0.1) is 0 Å². The van der Waals surface area contributed by atoms with Crippen LogP contribution >= 0.6 is 0 Å². The molecule has 3 nitrogen and oxygen atoms in total. The topological polar surface area (TPSA) is 38.7 Å². The van der Waals surface area contributed by atoms with Gasteiger partial charge >= 0.3 is 0 Å². The Morgan fingerprint density at radius 1 is 1.36 bits per heavy atom. The average Bonchev–Trinajstić information content (AvgIpc) is 2.24. The summed E-state index contributed by atoms with van der Waals surface area (Å²) in [7, 11) is 1.66. The summed E-state index contributed by atoms with van der Waals surface area (Å²) in [6.07, 6.45) is 0.266. The summed E-state index contributed by atoms with van der Waals surface area (Å²) in [5.41, 5.74) is 0. The maximum atomic E-state index is 9.00. The fourth-order valence-electron chi connectivity index (χ4n) is 1.75. The highest BCUT2D eigenvalue weighted by Gasteiger charge is 2.39. The summed E-state index contributed by atoms with van der Waals surface area (Å²) in [6.45, 7) is 4.08. The van der Waals surface area contributed by atoms with E-state index in [4.69, 9.17) is 14.6 Å². The molecule has 0 bridgehead atoms. The number of hydrogen-bond donors (Lipinski definition) is 1. The Balaban J connectivity index is 2.59. The first-order chi connectivity index (χ1) is 5.20. The van der Waals surface area contributed by atoms with Gasteiger partial charge in [-0.1, -0.05) is 0 Å². The van der Waals surface area contributed by atoms with Crippen LogP contribution in [0, 0.1) is 5.92 Å². The minimum absolute atomic E-state index is 0.0509. The van der Waals surface area contributed by atoms with Gasteiger partial charge in [0.2, 0.25) is 0 Å². The van der Waals surface area contributed by atoms with Gasteiger partial charge in [0.1, 0.15) is 0 Å². The van der Waals surface area contributed by atoms with Gasteiger partial charge in [0.05, 0.1) is 24.9 Å². The molecule has 1 aliphatic rings. The third kappa shape index (κ3) is 1.55. The molecule has 1 rings (SSSR count). The van der Waals surface area contributed by atoms with Crippen LogP contribution in [0.25, 0.3) is 0 Å². The third-order valence-electron chi connectivity index (χ3n) is 2.40. The first-order valence-electron chi connectivity index (χ1n) is 3.99. The van der Waals surface area contributed by atoms with Crippen LogP contribution in [-0.2, 0) is 9.47 Å². The molecule has 1 aliphatic heterocycles. The number of ether oxygens (including phenoxy) is 2. The summed E-state index contributed by atoms with van der Waals surface area (Å²) >= 11 is 0. The van der Waals surface area contributed by atoms with Crippen LogP contribution in [0.5, 0.6) is 0 Å². The fraction of sp³-hybridized carbons (Fsp3) is 1.00. The number of aliphatic hydroxyl groups is 1. The Labute approximate surface area is 67.3 Å². The molecule has 1 fully saturated rings. The smallest absolute Gasteiger partial charge is 0.0905 e. The normalized spacial score (nSPS) is 44.7. The van der Waals surface area contributed by atoms with Crippen molar-refractivity contribution in [2.45, 2.75) is 32.2 Å². The Morgan fingerprint density at radius 2 is 2.00 bits per heavy atom. The predicted molar refractivity (Wildman–Crippen MR) is 41.4 cm³/mol. The number of hydrogen-bond acceptors (Lipinski definition) is 3. The van der Waals surface area contributed by atoms with Crippen molar-refractivity contribution in [2.75, 3.05) is 13.7 Å². The van der Waals surface area contributed by atoms with E-state index in [0.717, 1.165) is 0 Å². The van der Waals surface area contributed by atoms with Gasteiger partial charge in [0.25, 0.3) is 0 Å². The average molecular weight is 160 g/mol. The van der Waals surface area contributed by atoms with Gasteiger partial charge in [-0.2, -0.15) is 0 Å². The van der Waals surface area contributed by atoms with Crippen LogP contribution in [0.4, 0.5) is 0 Å². The molecule has 1 N–H and O–H groups in total. The van der Waals surface area contributed by atoms with E-state index in [9.17, 15) is 0 Å². The SMILES string of the molecule is CO[C@@H]1C(CO)[C@H](C)O[C@@H]1C. The molecule has 0 saturated carbocycles. The van der Waals surface area contributed by atoms with Crippen molar-refractivity contribution in [1.29, 1.82) is 0 Å². The fourth-order valence-corrected chi connectivity index (χ4v) is 1.75. The standard InChI is InChI=1S/C8H16O3/c1-5-7(4-9)8(10-3)6(2)11-5/h5-9H,4H2,1-3H3/t5-,6+,7?,8-/m0/s1. The molecular formula is C8H16O3. The molecule has 1 unspecified atom stereocenters. The van der Waals surface area contributed by atoms with E-state index >= 15 is 0 Å². The summed E-state index contributed by atoms with van der Waals surface area (Å²) in [5, 5.41) is 9.00. The van der Waals surface area contributed by atoms with E-state index in [1.54, 1.807) is 7.11 Å². The molecule has 0 amide bonds. The lowest BCUT2D eigenvalue weighted by atomic mass is 9.98. The van der Waals surface area contributed by atoms with E-state index in [1.165, 1.54) is 0 Å². The summed E-state index contributed by atoms with van der Waals surface area (Å²) < 4.78 is 10.7. The highest BCUT2D eigenvalue weighted by molar-refractivity contribution is 4.86. The van der Waals surface area contributed by atoms with E-state index in [2.05, 4.69) is 0 Å². The maximum absolute atomic E-state index is 9.00. The van der Waals surface area contributed by atoms with Crippen molar-refractivity contribution < 1.29 is 14.6 Å². The van der Waals surface area contributed by atoms with Crippen LogP contribution in [0.1, 0.15) is 13.8 Å². The summed E-state index contributed by atoms with van der Waals surface area (Å²) in [5.74, 6) is 0.134. The molecule has 0 aliphatic carbocycles. The van der Waals surface area contributed by atoms with E-state index in [0.29, 0.717) is 0 Å². The van der Waals surface area contributed by atoms with Gasteiger partial charge in [-0.05, 0) is 13.8 Å². The van der Waals surface area contributed by atoms with Crippen molar-refractivity contribution in [1.82, 2.24) is 0 Å². The Morgan fingerprint density at radius 3 is 2.36 bits per heavy atom. The molecule has 0 aromatic heterocycles. The number of rotatable bonds is 2. The second kappa shape index (κ2) is 3.52. The Kier molecular flexibility index (Phi) is 2.87. The zero-order valence-corrected chi connectivity index (χ0v) is 7.28. The number of aliphatic hydroxyl groups excluding tert-OH is 1. The Bertz CT molecular complexity index is 113. The first-order valence-corrected chi connectivity index (χ1v) is 3.99. The molecule has 0 spiro atoms. The lowest BCUT2D eigenvalue weighted by Gasteiger charge is -2.17. The van der Waals surface area contributed by atoms with Crippen molar-refractivity contribution in [3.05, 3.63) is 0 Å². The Hall–Kier alpha value is -0.120. The van der Waals surface area contributed by atoms with Crippen molar-refractivity contribution >= 4 is 0 Å². The predicted octanol–water partition coefficient (Wildman–Crippen LogP) is 0.417. The number of methoxy groups -OCH3 is 1. The van der Waals surface area contributed by atoms with Gasteiger partial charge in [0.15, 0.2) is 0 Å². The molecule has 1 heterocycles. The van der Waals surface area contributed by atoms with E-state index in [-0.39, 0.29) is 30.8 Å². The third-order valence-corrected chi connectivity index (χ3v) is 2.40. The largest absolute Gasteiger partial charge is 0.396 e. The van der Waals surface area contributed by atoms with Crippen molar-refractivity contribution in [3.8, 4) is 0 Å². The quantitative estimate of drug-likeness (QED) is 0.636. The van der Waals surface area contributed by atoms with Crippen LogP contribution in [-0.4, -0.2) is 37.1 Å². The summed E-state index contributed by atoms with van der Waals surface area (Å²) in [4.78, 5) is 0. The molecule has 3 heteroatoms. The minimum atomic E-state index is 0.0509.